The third-order valence-corrected chi connectivity index (χ3v) is 4.78. The number of fused-ring (bicyclic) bond motifs is 1. The molecule has 6 nitrogen and oxygen atoms in total. The van der Waals surface area contributed by atoms with Crippen molar-refractivity contribution in [3.63, 3.8) is 0 Å². The summed E-state index contributed by atoms with van der Waals surface area (Å²) < 4.78 is 43.5. The molecular weight excluding hydrogens is 419 g/mol. The number of carbonyl (C=O) groups excluding carboxylic acids is 1. The molecule has 1 heterocycles. The fourth-order valence-electron chi connectivity index (χ4n) is 3.26. The lowest BCUT2D eigenvalue weighted by Crippen LogP contribution is -2.11. The quantitative estimate of drug-likeness (QED) is 0.467. The molecule has 0 bridgehead atoms. The van der Waals surface area contributed by atoms with Gasteiger partial charge in [0.1, 0.15) is 17.6 Å². The Morgan fingerprint density at radius 1 is 1.39 bits per heavy atom. The maximum absolute atomic E-state index is 13.8. The third kappa shape index (κ3) is 5.93. The van der Waals surface area contributed by atoms with Gasteiger partial charge >= 0.3 is 0 Å². The molecular formula is C26H27FN4O2. The highest BCUT2D eigenvalue weighted by Gasteiger charge is 2.16. The van der Waals surface area contributed by atoms with Gasteiger partial charge in [-0.25, -0.2) is 4.39 Å². The number of halogens is 1. The van der Waals surface area contributed by atoms with Crippen molar-refractivity contribution in [1.82, 2.24) is 9.88 Å². The van der Waals surface area contributed by atoms with Crippen molar-refractivity contribution in [2.75, 3.05) is 32.5 Å². The van der Waals surface area contributed by atoms with E-state index in [1.165, 1.54) is 31.3 Å². The summed E-state index contributed by atoms with van der Waals surface area (Å²) in [6, 6.07) is 9.55. The lowest BCUT2D eigenvalue weighted by atomic mass is 10.0. The summed E-state index contributed by atoms with van der Waals surface area (Å²) in [7, 11) is 2.97. The SMILES string of the molecule is [2H]/C(=C\C(=O)Cc1cc2c(Nc3ccc(F)c(C)c3)c(C#N)cnc2cc1OCC)C([2H])([2H])N(C)C. The van der Waals surface area contributed by atoms with Crippen LogP contribution in [-0.2, 0) is 11.2 Å². The smallest absolute Gasteiger partial charge is 0.159 e. The minimum atomic E-state index is -2.10. The molecule has 1 aromatic heterocycles. The number of aromatic nitrogens is 1. The number of benzene rings is 2. The zero-order chi connectivity index (χ0) is 26.6. The van der Waals surface area contributed by atoms with Crippen molar-refractivity contribution in [3.8, 4) is 11.8 Å². The van der Waals surface area contributed by atoms with Gasteiger partial charge in [-0.05, 0) is 63.8 Å². The number of hydrogen-bond donors (Lipinski definition) is 1. The van der Waals surface area contributed by atoms with E-state index in [1.54, 1.807) is 38.1 Å². The predicted octanol–water partition coefficient (Wildman–Crippen LogP) is 4.93. The number of aryl methyl sites for hydroxylation is 1. The highest BCUT2D eigenvalue weighted by atomic mass is 19.1. The van der Waals surface area contributed by atoms with E-state index in [0.717, 1.165) is 6.08 Å². The van der Waals surface area contributed by atoms with Crippen LogP contribution >= 0.6 is 0 Å². The normalized spacial score (nSPS) is 13.2. The Hall–Kier alpha value is -3.76. The Labute approximate surface area is 197 Å². The van der Waals surface area contributed by atoms with Crippen LogP contribution in [0.2, 0.25) is 0 Å². The van der Waals surface area contributed by atoms with Gasteiger partial charge in [0, 0.05) is 44.6 Å². The number of ketones is 1. The van der Waals surface area contributed by atoms with Gasteiger partial charge < -0.3 is 15.0 Å². The number of nitrogens with one attached hydrogen (secondary N) is 1. The molecule has 0 fully saturated rings. The molecule has 0 aliphatic carbocycles. The molecule has 0 saturated carbocycles. The number of pyridine rings is 1. The third-order valence-electron chi connectivity index (χ3n) is 4.78. The zero-order valence-electron chi connectivity index (χ0n) is 22.0. The second-order valence-corrected chi connectivity index (χ2v) is 7.60. The first-order chi connectivity index (χ1) is 17.0. The molecule has 0 aliphatic heterocycles. The van der Waals surface area contributed by atoms with Gasteiger partial charge in [0.15, 0.2) is 5.78 Å². The van der Waals surface area contributed by atoms with Crippen LogP contribution in [0.4, 0.5) is 15.8 Å². The van der Waals surface area contributed by atoms with Crippen molar-refractivity contribution in [2.24, 2.45) is 0 Å². The van der Waals surface area contributed by atoms with Gasteiger partial charge in [-0.2, -0.15) is 5.26 Å². The second-order valence-electron chi connectivity index (χ2n) is 7.60. The number of carbonyl (C=O) groups is 1. The predicted molar refractivity (Wildman–Crippen MR) is 128 cm³/mol. The Morgan fingerprint density at radius 2 is 2.18 bits per heavy atom. The van der Waals surface area contributed by atoms with E-state index < -0.39 is 18.3 Å². The highest BCUT2D eigenvalue weighted by Crippen LogP contribution is 2.34. The molecule has 0 spiro atoms. The molecule has 170 valence electrons. The standard InChI is InChI=1S/C26H27FN4O2/c1-5-33-25-14-24-22(13-18(25)12-21(32)7-6-10-31(3)4)26(19(15-28)16-29-24)30-20-8-9-23(27)17(2)11-20/h6-9,11,13-14,16H,5,10,12H2,1-4H3,(H,29,30)/b7-6+/i6D,10D2. The maximum Gasteiger partial charge on any atom is 0.159 e. The van der Waals surface area contributed by atoms with Crippen LogP contribution in [0.1, 0.15) is 27.7 Å². The van der Waals surface area contributed by atoms with Crippen LogP contribution in [0.25, 0.3) is 10.9 Å². The number of nitrogens with zero attached hydrogens (tertiary/aromatic N) is 3. The van der Waals surface area contributed by atoms with E-state index in [9.17, 15) is 14.4 Å². The molecule has 3 rings (SSSR count). The van der Waals surface area contributed by atoms with Crippen molar-refractivity contribution in [2.45, 2.75) is 20.3 Å². The fraction of sp³-hybridized carbons (Fsp3) is 0.269. The zero-order valence-corrected chi connectivity index (χ0v) is 19.0. The molecule has 0 unspecified atom stereocenters. The summed E-state index contributed by atoms with van der Waals surface area (Å²) in [6.45, 7) is 1.68. The Bertz CT molecular complexity index is 1380. The van der Waals surface area contributed by atoms with E-state index in [2.05, 4.69) is 16.4 Å². The summed E-state index contributed by atoms with van der Waals surface area (Å²) in [5.74, 6) is -0.392. The monoisotopic (exact) mass is 449 g/mol. The Kier molecular flexibility index (Phi) is 6.45. The number of rotatable bonds is 9. The maximum atomic E-state index is 13.8. The Balaban J connectivity index is 2.10. The van der Waals surface area contributed by atoms with Gasteiger partial charge in [-0.3, -0.25) is 9.78 Å². The first kappa shape index (κ1) is 19.9. The molecule has 33 heavy (non-hydrogen) atoms. The van der Waals surface area contributed by atoms with Gasteiger partial charge in [0.05, 0.1) is 24.7 Å². The lowest BCUT2D eigenvalue weighted by molar-refractivity contribution is -0.114. The number of hydrogen-bond acceptors (Lipinski definition) is 6. The van der Waals surface area contributed by atoms with Crippen LogP contribution in [0.5, 0.6) is 5.75 Å². The second kappa shape index (κ2) is 10.7. The largest absolute Gasteiger partial charge is 0.494 e. The first-order valence-corrected chi connectivity index (χ1v) is 10.4. The van der Waals surface area contributed by atoms with Crippen molar-refractivity contribution in [3.05, 3.63) is 71.2 Å². The summed E-state index contributed by atoms with van der Waals surface area (Å²) >= 11 is 0. The molecule has 2 aromatic carbocycles. The number of anilines is 2. The van der Waals surface area contributed by atoms with Gasteiger partial charge in [0.25, 0.3) is 0 Å². The average Bonchev–Trinajstić information content (AvgIpc) is 2.82. The number of allylic oxidation sites excluding steroid dienone is 1. The molecule has 0 radical (unpaired) electrons. The summed E-state index contributed by atoms with van der Waals surface area (Å²) in [4.78, 5) is 18.4. The number of likely N-dealkylation sites (N-methyl/N-ethyl adjacent to an activating group) is 1. The van der Waals surface area contributed by atoms with Gasteiger partial charge in [-0.1, -0.05) is 6.05 Å². The van der Waals surface area contributed by atoms with Gasteiger partial charge in [0.2, 0.25) is 0 Å². The lowest BCUT2D eigenvalue weighted by Gasteiger charge is -2.15. The highest BCUT2D eigenvalue weighted by molar-refractivity contribution is 5.98. The summed E-state index contributed by atoms with van der Waals surface area (Å²) in [5, 5.41) is 13.4. The van der Waals surface area contributed by atoms with E-state index >= 15 is 0 Å². The molecule has 3 aromatic rings. The van der Waals surface area contributed by atoms with Crippen molar-refractivity contribution >= 4 is 28.1 Å². The van der Waals surface area contributed by atoms with Gasteiger partial charge in [-0.15, -0.1) is 0 Å². The molecule has 0 aliphatic rings. The van der Waals surface area contributed by atoms with Crippen molar-refractivity contribution < 1.29 is 18.0 Å². The number of nitriles is 1. The van der Waals surface area contributed by atoms with Crippen LogP contribution in [0.15, 0.2) is 48.7 Å². The van der Waals surface area contributed by atoms with Crippen LogP contribution in [-0.4, -0.2) is 42.9 Å². The minimum Gasteiger partial charge on any atom is -0.494 e. The van der Waals surface area contributed by atoms with Crippen LogP contribution < -0.4 is 10.1 Å². The molecule has 7 heteroatoms. The van der Waals surface area contributed by atoms with E-state index in [4.69, 9.17) is 8.85 Å². The molecule has 0 atom stereocenters. The summed E-state index contributed by atoms with van der Waals surface area (Å²) in [5.41, 5.74) is 2.76. The van der Waals surface area contributed by atoms with E-state index in [1.807, 2.05) is 0 Å². The minimum absolute atomic E-state index is 0.150. The van der Waals surface area contributed by atoms with E-state index in [0.29, 0.717) is 45.8 Å². The number of ether oxygens (including phenoxy) is 1. The first-order valence-electron chi connectivity index (χ1n) is 11.9. The van der Waals surface area contributed by atoms with E-state index in [-0.39, 0.29) is 17.8 Å². The van der Waals surface area contributed by atoms with Crippen LogP contribution in [0, 0.1) is 24.1 Å². The summed E-state index contributed by atoms with van der Waals surface area (Å²) in [6.07, 6.45) is 2.26. The van der Waals surface area contributed by atoms with Crippen LogP contribution in [0.3, 0.4) is 0 Å². The fourth-order valence-corrected chi connectivity index (χ4v) is 3.26. The average molecular weight is 450 g/mol. The molecule has 0 saturated heterocycles. The molecule has 1 N–H and O–H groups in total. The topological polar surface area (TPSA) is 78.2 Å². The Morgan fingerprint density at radius 3 is 2.85 bits per heavy atom. The molecule has 0 amide bonds. The van der Waals surface area contributed by atoms with Crippen molar-refractivity contribution in [1.29, 1.82) is 5.26 Å².